The summed E-state index contributed by atoms with van der Waals surface area (Å²) >= 11 is 0. The quantitative estimate of drug-likeness (QED) is 0.132. The molecule has 0 radical (unpaired) electrons. The summed E-state index contributed by atoms with van der Waals surface area (Å²) in [6, 6.07) is 0. The second-order valence-corrected chi connectivity index (χ2v) is 18.1. The number of carboxylic acids is 1. The minimum absolute atomic E-state index is 0.0122. The zero-order valence-electron chi connectivity index (χ0n) is 34.9. The molecule has 4 saturated heterocycles. The molecule has 5 aliphatic heterocycles. The zero-order chi connectivity index (χ0) is 40.7. The molecule has 5 aliphatic rings. The van der Waals surface area contributed by atoms with Crippen LogP contribution in [0.3, 0.4) is 0 Å². The number of carbonyl (C=O) groups excluding carboxylic acids is 2. The van der Waals surface area contributed by atoms with Crippen LogP contribution in [-0.4, -0.2) is 99.0 Å². The average Bonchev–Trinajstić information content (AvgIpc) is 3.49. The van der Waals surface area contributed by atoms with Crippen LogP contribution in [0, 0.1) is 41.4 Å². The maximum Gasteiger partial charge on any atom is 0.309 e. The number of carbonyl (C=O) groups is 3. The molecule has 0 unspecified atom stereocenters. The van der Waals surface area contributed by atoms with Crippen molar-refractivity contribution >= 4 is 18.2 Å². The van der Waals surface area contributed by atoms with Crippen LogP contribution in [0.4, 0.5) is 0 Å². The van der Waals surface area contributed by atoms with Crippen LogP contribution in [0.25, 0.3) is 0 Å². The number of hydrogen-bond acceptors (Lipinski definition) is 11. The molecule has 2 spiro atoms. The number of ketones is 1. The number of rotatable bonds is 14. The molecule has 0 aromatic rings. The molecule has 5 heterocycles. The van der Waals surface area contributed by atoms with Crippen LogP contribution in [0.5, 0.6) is 0 Å². The molecule has 5 rings (SSSR count). The summed E-state index contributed by atoms with van der Waals surface area (Å²) in [4.78, 5) is 38.2. The lowest BCUT2D eigenvalue weighted by molar-refractivity contribution is -0.408. The van der Waals surface area contributed by atoms with Crippen molar-refractivity contribution in [3.63, 3.8) is 0 Å². The molecule has 55 heavy (non-hydrogen) atoms. The monoisotopic (exact) mass is 778 g/mol. The Kier molecular flexibility index (Phi) is 13.7. The first-order chi connectivity index (χ1) is 25.8. The molecular weight excluding hydrogens is 708 g/mol. The van der Waals surface area contributed by atoms with E-state index in [1.165, 1.54) is 0 Å². The van der Waals surface area contributed by atoms with E-state index in [4.69, 9.17) is 28.4 Å². The first kappa shape index (κ1) is 44.2. The fourth-order valence-electron chi connectivity index (χ4n) is 10.7. The first-order valence-corrected chi connectivity index (χ1v) is 21.2. The second-order valence-electron chi connectivity index (χ2n) is 18.1. The predicted octanol–water partition coefficient (Wildman–Crippen LogP) is 6.37. The van der Waals surface area contributed by atoms with Crippen LogP contribution in [0.15, 0.2) is 12.2 Å². The van der Waals surface area contributed by atoms with Gasteiger partial charge in [-0.1, -0.05) is 55.4 Å². The Morgan fingerprint density at radius 1 is 0.927 bits per heavy atom. The standard InChI is InChI=1S/C43H70O12/c1-11-30(39(47)48)32-15-14-24(4)37(52-32)28(8)35(45)27(7)36(46)31(12-2)38-25(5)22-26(6)42(53-38)19-17-34(50-23-44)43(55-42)21-20-40(10,54-43)33-16-18-41(49,13-3)29(9)51-33/h17,19,23-35,37-38,45,49H,11-16,18,20-22H2,1-10H3,(H,47,48)/t24-,25-,26+,27-,28-,29-,30+,31-,32+,33+,34+,35+,37+,38-,40-,41+,42-,43-/m0/s1. The summed E-state index contributed by atoms with van der Waals surface area (Å²) in [6.45, 7) is 19.9. The highest BCUT2D eigenvalue weighted by atomic mass is 16.8. The van der Waals surface area contributed by atoms with Crippen LogP contribution in [-0.2, 0) is 42.8 Å². The zero-order valence-corrected chi connectivity index (χ0v) is 34.9. The largest absolute Gasteiger partial charge is 0.481 e. The molecule has 12 nitrogen and oxygen atoms in total. The molecule has 0 aromatic heterocycles. The lowest BCUT2D eigenvalue weighted by Gasteiger charge is -2.54. The van der Waals surface area contributed by atoms with Gasteiger partial charge in [-0.2, -0.15) is 0 Å². The number of hydrogen-bond donors (Lipinski definition) is 3. The van der Waals surface area contributed by atoms with Crippen molar-refractivity contribution in [3.05, 3.63) is 12.2 Å². The average molecular weight is 779 g/mol. The molecular formula is C43H70O12. The molecule has 0 aromatic carbocycles. The maximum absolute atomic E-state index is 14.5. The van der Waals surface area contributed by atoms with Gasteiger partial charge in [-0.15, -0.1) is 0 Å². The molecule has 0 bridgehead atoms. The van der Waals surface area contributed by atoms with Crippen molar-refractivity contribution in [3.8, 4) is 0 Å². The number of aliphatic hydroxyl groups is 2. The summed E-state index contributed by atoms with van der Waals surface area (Å²) in [7, 11) is 0. The van der Waals surface area contributed by atoms with Gasteiger partial charge in [-0.25, -0.2) is 0 Å². The highest BCUT2D eigenvalue weighted by Crippen LogP contribution is 2.54. The van der Waals surface area contributed by atoms with E-state index in [-0.39, 0.29) is 41.8 Å². The van der Waals surface area contributed by atoms with Crippen LogP contribution >= 0.6 is 0 Å². The van der Waals surface area contributed by atoms with Crippen molar-refractivity contribution < 1.29 is 58.1 Å². The molecule has 0 saturated carbocycles. The van der Waals surface area contributed by atoms with E-state index in [0.29, 0.717) is 64.3 Å². The summed E-state index contributed by atoms with van der Waals surface area (Å²) in [6.07, 6.45) is 5.49. The van der Waals surface area contributed by atoms with Gasteiger partial charge in [0.15, 0.2) is 11.9 Å². The van der Waals surface area contributed by atoms with Gasteiger partial charge in [0.05, 0.1) is 53.7 Å². The van der Waals surface area contributed by atoms with E-state index in [0.717, 1.165) is 6.42 Å². The number of carboxylic acid groups (broad SMARTS) is 1. The van der Waals surface area contributed by atoms with Crippen molar-refractivity contribution in [1.82, 2.24) is 0 Å². The molecule has 4 fully saturated rings. The third-order valence-corrected chi connectivity index (χ3v) is 14.6. The first-order valence-electron chi connectivity index (χ1n) is 21.2. The van der Waals surface area contributed by atoms with Gasteiger partial charge in [0.25, 0.3) is 6.47 Å². The number of aliphatic carboxylic acids is 1. The Bertz CT molecular complexity index is 1390. The van der Waals surface area contributed by atoms with Crippen LogP contribution in [0.2, 0.25) is 0 Å². The van der Waals surface area contributed by atoms with Crippen LogP contribution in [0.1, 0.15) is 133 Å². The fourth-order valence-corrected chi connectivity index (χ4v) is 10.7. The van der Waals surface area contributed by atoms with Crippen molar-refractivity contribution in [1.29, 1.82) is 0 Å². The smallest absolute Gasteiger partial charge is 0.309 e. The molecule has 3 N–H and O–H groups in total. The SMILES string of the molecule is CC[C@@H](C(=O)[C@@H](C)[C@@H](O)[C@H](C)[C@@H]1O[C@@H]([C@@H](CC)C(=O)O)CC[C@@H]1C)[C@H]1O[C@]2(C=C[C@@H](OC=O)[C@]3(CC[C@@](C)([C@H]4CC[C@](O)(CC)[C@H](C)O4)O3)O2)[C@H](C)C[C@@H]1C. The van der Waals surface area contributed by atoms with E-state index in [9.17, 15) is 29.7 Å². The summed E-state index contributed by atoms with van der Waals surface area (Å²) in [5.41, 5.74) is -1.69. The second kappa shape index (κ2) is 17.1. The number of aliphatic hydroxyl groups excluding tert-OH is 1. The van der Waals surface area contributed by atoms with E-state index in [1.54, 1.807) is 13.0 Å². The van der Waals surface area contributed by atoms with Gasteiger partial charge >= 0.3 is 5.97 Å². The predicted molar refractivity (Wildman–Crippen MR) is 204 cm³/mol. The minimum Gasteiger partial charge on any atom is -0.481 e. The Labute approximate surface area is 328 Å². The fraction of sp³-hybridized carbons (Fsp3) is 0.884. The molecule has 0 amide bonds. The van der Waals surface area contributed by atoms with E-state index < -0.39 is 76.8 Å². The number of ether oxygens (including phenoxy) is 6. The van der Waals surface area contributed by atoms with E-state index in [2.05, 4.69) is 20.8 Å². The lowest BCUT2D eigenvalue weighted by atomic mass is 9.72. The Balaban J connectivity index is 1.35. The van der Waals surface area contributed by atoms with Gasteiger partial charge in [-0.05, 0) is 95.6 Å². The maximum atomic E-state index is 14.5. The summed E-state index contributed by atoms with van der Waals surface area (Å²) in [5.74, 6) is -5.99. The Hall–Kier alpha value is -1.93. The van der Waals surface area contributed by atoms with Crippen molar-refractivity contribution in [2.75, 3.05) is 0 Å². The van der Waals surface area contributed by atoms with Crippen molar-refractivity contribution in [2.24, 2.45) is 41.4 Å². The topological polar surface area (TPSA) is 167 Å². The van der Waals surface area contributed by atoms with Gasteiger partial charge in [0.2, 0.25) is 5.79 Å². The van der Waals surface area contributed by atoms with E-state index >= 15 is 0 Å². The highest BCUT2D eigenvalue weighted by Gasteiger charge is 2.64. The minimum atomic E-state index is -1.37. The van der Waals surface area contributed by atoms with Gasteiger partial charge in [-0.3, -0.25) is 14.4 Å². The van der Waals surface area contributed by atoms with Crippen molar-refractivity contribution in [2.45, 2.75) is 199 Å². The third-order valence-electron chi connectivity index (χ3n) is 14.6. The normalized spacial score (nSPS) is 44.8. The Morgan fingerprint density at radius 3 is 2.22 bits per heavy atom. The summed E-state index contributed by atoms with van der Waals surface area (Å²) in [5, 5.41) is 32.6. The summed E-state index contributed by atoms with van der Waals surface area (Å²) < 4.78 is 39.4. The lowest BCUT2D eigenvalue weighted by Crippen LogP contribution is -2.63. The van der Waals surface area contributed by atoms with Gasteiger partial charge < -0.3 is 43.7 Å². The van der Waals surface area contributed by atoms with Gasteiger partial charge in [0.1, 0.15) is 5.78 Å². The van der Waals surface area contributed by atoms with Gasteiger partial charge in [0, 0.05) is 30.1 Å². The molecule has 314 valence electrons. The Morgan fingerprint density at radius 2 is 1.62 bits per heavy atom. The molecule has 12 heteroatoms. The highest BCUT2D eigenvalue weighted by molar-refractivity contribution is 5.84. The van der Waals surface area contributed by atoms with Crippen LogP contribution < -0.4 is 0 Å². The number of Topliss-reactive ketones (excluding diaryl/α,β-unsaturated/α-hetero) is 1. The molecule has 0 aliphatic carbocycles. The molecule has 18 atom stereocenters. The third kappa shape index (κ3) is 8.35. The van der Waals surface area contributed by atoms with E-state index in [1.807, 2.05) is 47.6 Å².